The Morgan fingerprint density at radius 2 is 2.17 bits per heavy atom. The van der Waals surface area contributed by atoms with Gasteiger partial charge in [0, 0.05) is 11.4 Å². The second kappa shape index (κ2) is 7.36. The molecule has 0 aliphatic carbocycles. The number of nitrogens with zero attached hydrogens (tertiary/aromatic N) is 1. The number of hydrogen-bond acceptors (Lipinski definition) is 4. The van der Waals surface area contributed by atoms with Crippen LogP contribution in [0.4, 0.5) is 5.13 Å². The van der Waals surface area contributed by atoms with E-state index in [1.807, 2.05) is 0 Å². The van der Waals surface area contributed by atoms with Gasteiger partial charge in [0.1, 0.15) is 0 Å². The molecule has 18 heavy (non-hydrogen) atoms. The summed E-state index contributed by atoms with van der Waals surface area (Å²) in [4.78, 5) is 14.8. The first-order valence-electron chi connectivity index (χ1n) is 6.40. The fraction of sp³-hybridized carbons (Fsp3) is 0.692. The lowest BCUT2D eigenvalue weighted by Gasteiger charge is -2.13. The minimum atomic E-state index is -0.836. The van der Waals surface area contributed by atoms with Crippen molar-refractivity contribution in [1.29, 1.82) is 0 Å². The second-order valence-corrected chi connectivity index (χ2v) is 5.94. The van der Waals surface area contributed by atoms with E-state index < -0.39 is 5.97 Å². The van der Waals surface area contributed by atoms with Crippen LogP contribution >= 0.6 is 11.3 Å². The molecule has 1 atom stereocenters. The van der Waals surface area contributed by atoms with Gasteiger partial charge in [-0.05, 0) is 19.3 Å². The van der Waals surface area contributed by atoms with Crippen LogP contribution in [0.2, 0.25) is 0 Å². The van der Waals surface area contributed by atoms with Crippen molar-refractivity contribution in [2.75, 3.05) is 5.32 Å². The molecule has 2 N–H and O–H groups in total. The van der Waals surface area contributed by atoms with E-state index in [9.17, 15) is 4.79 Å². The number of rotatable bonds is 8. The third kappa shape index (κ3) is 6.00. The number of thiazole rings is 1. The maximum atomic E-state index is 10.5. The molecule has 0 saturated heterocycles. The molecule has 0 aromatic carbocycles. The topological polar surface area (TPSA) is 62.2 Å². The van der Waals surface area contributed by atoms with Crippen LogP contribution in [0.1, 0.15) is 45.7 Å². The molecular formula is C13H22N2O2S. The number of aromatic nitrogens is 1. The van der Waals surface area contributed by atoms with Gasteiger partial charge in [-0.3, -0.25) is 4.79 Å². The zero-order valence-corrected chi connectivity index (χ0v) is 12.1. The van der Waals surface area contributed by atoms with Crippen LogP contribution in [0.3, 0.4) is 0 Å². The molecule has 0 fully saturated rings. The Balaban J connectivity index is 2.32. The molecule has 1 unspecified atom stereocenters. The third-order valence-corrected chi connectivity index (χ3v) is 3.49. The van der Waals surface area contributed by atoms with Gasteiger partial charge in [0.15, 0.2) is 5.13 Å². The Kier molecular flexibility index (Phi) is 6.12. The zero-order valence-electron chi connectivity index (χ0n) is 11.3. The van der Waals surface area contributed by atoms with Gasteiger partial charge in [-0.1, -0.05) is 26.7 Å². The summed E-state index contributed by atoms with van der Waals surface area (Å²) in [7, 11) is 0. The highest BCUT2D eigenvalue weighted by Gasteiger charge is 2.08. The highest BCUT2D eigenvalue weighted by Crippen LogP contribution is 2.18. The summed E-state index contributed by atoms with van der Waals surface area (Å²) >= 11 is 1.47. The quantitative estimate of drug-likeness (QED) is 0.760. The normalized spacial score (nSPS) is 12.7. The van der Waals surface area contributed by atoms with Crippen LogP contribution in [-0.4, -0.2) is 22.1 Å². The van der Waals surface area contributed by atoms with Crippen LogP contribution in [-0.2, 0) is 11.2 Å². The minimum Gasteiger partial charge on any atom is -0.481 e. The van der Waals surface area contributed by atoms with Crippen molar-refractivity contribution in [1.82, 2.24) is 4.98 Å². The van der Waals surface area contributed by atoms with Gasteiger partial charge in [0.25, 0.3) is 0 Å². The molecule has 1 heterocycles. The predicted molar refractivity (Wildman–Crippen MR) is 75.2 cm³/mol. The molecular weight excluding hydrogens is 248 g/mol. The summed E-state index contributed by atoms with van der Waals surface area (Å²) in [6, 6.07) is 0.382. The van der Waals surface area contributed by atoms with Crippen molar-refractivity contribution >= 4 is 22.4 Å². The van der Waals surface area contributed by atoms with Crippen LogP contribution in [0.5, 0.6) is 0 Å². The fourth-order valence-electron chi connectivity index (χ4n) is 1.72. The van der Waals surface area contributed by atoms with E-state index in [1.165, 1.54) is 24.2 Å². The van der Waals surface area contributed by atoms with Crippen molar-refractivity contribution in [2.24, 2.45) is 5.92 Å². The number of anilines is 1. The highest BCUT2D eigenvalue weighted by molar-refractivity contribution is 7.13. The minimum absolute atomic E-state index is 0.0000889. The Bertz CT molecular complexity index is 377. The Morgan fingerprint density at radius 3 is 2.78 bits per heavy atom. The largest absolute Gasteiger partial charge is 0.481 e. The van der Waals surface area contributed by atoms with E-state index in [0.717, 1.165) is 17.5 Å². The van der Waals surface area contributed by atoms with Gasteiger partial charge in [-0.2, -0.15) is 0 Å². The van der Waals surface area contributed by atoms with E-state index in [1.54, 1.807) is 5.38 Å². The highest BCUT2D eigenvalue weighted by atomic mass is 32.1. The smallest absolute Gasteiger partial charge is 0.309 e. The molecule has 5 heteroatoms. The lowest BCUT2D eigenvalue weighted by atomic mass is 10.0. The van der Waals surface area contributed by atoms with Gasteiger partial charge in [0.05, 0.1) is 12.1 Å². The Morgan fingerprint density at radius 1 is 1.44 bits per heavy atom. The van der Waals surface area contributed by atoms with Crippen molar-refractivity contribution in [3.63, 3.8) is 0 Å². The van der Waals surface area contributed by atoms with Crippen molar-refractivity contribution in [3.05, 3.63) is 11.1 Å². The number of carboxylic acid groups (broad SMARTS) is 1. The number of hydrogen-bond donors (Lipinski definition) is 2. The van der Waals surface area contributed by atoms with Gasteiger partial charge in [0.2, 0.25) is 0 Å². The lowest BCUT2D eigenvalue weighted by molar-refractivity contribution is -0.136. The monoisotopic (exact) mass is 270 g/mol. The average Bonchev–Trinajstić information content (AvgIpc) is 2.63. The standard InChI is InChI=1S/C13H22N2O2S/c1-9(2)5-4-6-10(3)14-13-15-11(8-18-13)7-12(16)17/h8-10H,4-7H2,1-3H3,(H,14,15)(H,16,17). The van der Waals surface area contributed by atoms with E-state index in [2.05, 4.69) is 31.1 Å². The Labute approximate surface area is 112 Å². The molecule has 1 aromatic heterocycles. The lowest BCUT2D eigenvalue weighted by Crippen LogP contribution is -2.15. The maximum absolute atomic E-state index is 10.5. The summed E-state index contributed by atoms with van der Waals surface area (Å²) in [6.07, 6.45) is 3.57. The number of aliphatic carboxylic acids is 1. The van der Waals surface area contributed by atoms with E-state index >= 15 is 0 Å². The van der Waals surface area contributed by atoms with Crippen LogP contribution in [0.15, 0.2) is 5.38 Å². The van der Waals surface area contributed by atoms with E-state index in [-0.39, 0.29) is 6.42 Å². The first kappa shape index (κ1) is 15.0. The van der Waals surface area contributed by atoms with Crippen LogP contribution in [0, 0.1) is 5.92 Å². The molecule has 0 amide bonds. The van der Waals surface area contributed by atoms with Gasteiger partial charge in [-0.15, -0.1) is 11.3 Å². The van der Waals surface area contributed by atoms with Gasteiger partial charge < -0.3 is 10.4 Å². The summed E-state index contributed by atoms with van der Waals surface area (Å²) in [5.74, 6) is -0.0870. The molecule has 4 nitrogen and oxygen atoms in total. The molecule has 0 spiro atoms. The first-order chi connectivity index (χ1) is 8.47. The Hall–Kier alpha value is -1.10. The number of nitrogens with one attached hydrogen (secondary N) is 1. The van der Waals surface area contributed by atoms with Crippen molar-refractivity contribution in [2.45, 2.75) is 52.5 Å². The summed E-state index contributed by atoms with van der Waals surface area (Å²) < 4.78 is 0. The number of carbonyl (C=O) groups is 1. The average molecular weight is 270 g/mol. The SMILES string of the molecule is CC(C)CCCC(C)Nc1nc(CC(=O)O)cs1. The first-order valence-corrected chi connectivity index (χ1v) is 7.28. The molecule has 0 bridgehead atoms. The predicted octanol–water partition coefficient (Wildman–Crippen LogP) is 3.40. The van der Waals surface area contributed by atoms with Gasteiger partial charge in [-0.25, -0.2) is 4.98 Å². The van der Waals surface area contributed by atoms with Crippen LogP contribution in [0.25, 0.3) is 0 Å². The number of carboxylic acids is 1. The molecule has 102 valence electrons. The summed E-state index contributed by atoms with van der Waals surface area (Å²) in [5, 5.41) is 14.6. The van der Waals surface area contributed by atoms with Crippen molar-refractivity contribution in [3.8, 4) is 0 Å². The zero-order chi connectivity index (χ0) is 13.5. The molecule has 0 radical (unpaired) electrons. The third-order valence-electron chi connectivity index (χ3n) is 2.67. The molecule has 0 aliphatic heterocycles. The summed E-state index contributed by atoms with van der Waals surface area (Å²) in [6.45, 7) is 6.60. The fourth-order valence-corrected chi connectivity index (χ4v) is 2.55. The summed E-state index contributed by atoms with van der Waals surface area (Å²) in [5.41, 5.74) is 0.629. The van der Waals surface area contributed by atoms with Crippen molar-refractivity contribution < 1.29 is 9.90 Å². The molecule has 0 aliphatic rings. The molecule has 0 saturated carbocycles. The maximum Gasteiger partial charge on any atom is 0.309 e. The van der Waals surface area contributed by atoms with Gasteiger partial charge >= 0.3 is 5.97 Å². The van der Waals surface area contributed by atoms with E-state index in [4.69, 9.17) is 5.11 Å². The second-order valence-electron chi connectivity index (χ2n) is 5.08. The molecule has 1 rings (SSSR count). The van der Waals surface area contributed by atoms with Crippen LogP contribution < -0.4 is 5.32 Å². The molecule has 1 aromatic rings. The van der Waals surface area contributed by atoms with E-state index in [0.29, 0.717) is 11.7 Å².